The fourth-order valence-electron chi connectivity index (χ4n) is 2.21. The molecule has 2 aromatic rings. The highest BCUT2D eigenvalue weighted by atomic mass is 127. The molecule has 1 aliphatic rings. The Hall–Kier alpha value is -1.34. The van der Waals surface area contributed by atoms with Crippen molar-refractivity contribution in [2.24, 2.45) is 5.73 Å². The zero-order chi connectivity index (χ0) is 14.3. The van der Waals surface area contributed by atoms with Crippen LogP contribution in [0.2, 0.25) is 0 Å². The summed E-state index contributed by atoms with van der Waals surface area (Å²) in [6.07, 6.45) is 0. The van der Waals surface area contributed by atoms with Crippen LogP contribution in [0.5, 0.6) is 0 Å². The van der Waals surface area contributed by atoms with Crippen LogP contribution in [0.4, 0.5) is 5.69 Å². The quantitative estimate of drug-likeness (QED) is 0.523. The maximum absolute atomic E-state index is 12.2. The molecule has 20 heavy (non-hydrogen) atoms. The molecule has 1 aliphatic heterocycles. The third kappa shape index (κ3) is 2.35. The Morgan fingerprint density at radius 3 is 2.75 bits per heavy atom. The predicted molar refractivity (Wildman–Crippen MR) is 92.9 cm³/mol. The molecule has 3 N–H and O–H groups in total. The number of rotatable bonds is 1. The van der Waals surface area contributed by atoms with Gasteiger partial charge in [-0.05, 0) is 58.5 Å². The number of hydrogen-bond acceptors (Lipinski definition) is 2. The van der Waals surface area contributed by atoms with Crippen molar-refractivity contribution in [1.82, 2.24) is 0 Å². The van der Waals surface area contributed by atoms with Crippen molar-refractivity contribution in [3.05, 3.63) is 61.6 Å². The lowest BCUT2D eigenvalue weighted by molar-refractivity contribution is -0.110. The minimum Gasteiger partial charge on any atom is -0.398 e. The molecule has 100 valence electrons. The molecule has 0 atom stereocenters. The van der Waals surface area contributed by atoms with Crippen LogP contribution in [0.15, 0.2) is 46.9 Å². The molecule has 0 fully saturated rings. The molecule has 1 amide bonds. The summed E-state index contributed by atoms with van der Waals surface area (Å²) < 4.78 is 2.00. The van der Waals surface area contributed by atoms with E-state index in [2.05, 4.69) is 43.8 Å². The fraction of sp³-hybridized carbons (Fsp3) is 0. The topological polar surface area (TPSA) is 55.1 Å². The standard InChI is InChI=1S/C15H10BrIN2O/c16-9-4-5-12-11(7-9)13(15(20)19-12)14(18)8-2-1-3-10(17)6-8/h1-7H,18H2,(H,19,20)/b14-13-. The van der Waals surface area contributed by atoms with Crippen LogP contribution >= 0.6 is 38.5 Å². The molecule has 0 spiro atoms. The van der Waals surface area contributed by atoms with Gasteiger partial charge >= 0.3 is 0 Å². The summed E-state index contributed by atoms with van der Waals surface area (Å²) >= 11 is 5.65. The van der Waals surface area contributed by atoms with E-state index >= 15 is 0 Å². The molecular weight excluding hydrogens is 431 g/mol. The van der Waals surface area contributed by atoms with Crippen LogP contribution in [0.1, 0.15) is 11.1 Å². The number of anilines is 1. The Labute approximate surface area is 138 Å². The third-order valence-electron chi connectivity index (χ3n) is 3.13. The first-order valence-electron chi connectivity index (χ1n) is 5.93. The van der Waals surface area contributed by atoms with Crippen molar-refractivity contribution in [1.29, 1.82) is 0 Å². The van der Waals surface area contributed by atoms with E-state index in [1.807, 2.05) is 42.5 Å². The number of halogens is 2. The first-order valence-corrected chi connectivity index (χ1v) is 7.80. The number of amides is 1. The number of carbonyl (C=O) groups is 1. The molecule has 3 nitrogen and oxygen atoms in total. The van der Waals surface area contributed by atoms with E-state index in [0.717, 1.165) is 24.9 Å². The maximum atomic E-state index is 12.2. The molecule has 2 aromatic carbocycles. The van der Waals surface area contributed by atoms with Crippen molar-refractivity contribution in [2.75, 3.05) is 5.32 Å². The number of benzene rings is 2. The van der Waals surface area contributed by atoms with Gasteiger partial charge < -0.3 is 11.1 Å². The third-order valence-corrected chi connectivity index (χ3v) is 4.30. The molecule has 1 heterocycles. The SMILES string of the molecule is N/C(=C1\C(=O)Nc2ccc(Br)cc21)c1cccc(I)c1. The van der Waals surface area contributed by atoms with Gasteiger partial charge in [0.15, 0.2) is 0 Å². The molecule has 0 radical (unpaired) electrons. The average molecular weight is 441 g/mol. The summed E-state index contributed by atoms with van der Waals surface area (Å²) in [7, 11) is 0. The van der Waals surface area contributed by atoms with Gasteiger partial charge in [0.1, 0.15) is 0 Å². The number of nitrogens with two attached hydrogens (primary N) is 1. The summed E-state index contributed by atoms with van der Waals surface area (Å²) in [5, 5.41) is 2.84. The van der Waals surface area contributed by atoms with Gasteiger partial charge in [-0.15, -0.1) is 0 Å². The number of nitrogens with one attached hydrogen (secondary N) is 1. The van der Waals surface area contributed by atoms with Crippen molar-refractivity contribution < 1.29 is 4.79 Å². The van der Waals surface area contributed by atoms with Gasteiger partial charge in [0, 0.05) is 19.3 Å². The van der Waals surface area contributed by atoms with Crippen LogP contribution < -0.4 is 11.1 Å². The van der Waals surface area contributed by atoms with Crippen molar-refractivity contribution in [2.45, 2.75) is 0 Å². The Balaban J connectivity index is 2.21. The maximum Gasteiger partial charge on any atom is 0.258 e. The summed E-state index contributed by atoms with van der Waals surface area (Å²) in [5.74, 6) is -0.158. The molecule has 0 saturated carbocycles. The van der Waals surface area contributed by atoms with E-state index in [9.17, 15) is 4.79 Å². The summed E-state index contributed by atoms with van der Waals surface area (Å²) in [5.41, 5.74) is 9.74. The molecule has 0 aromatic heterocycles. The molecule has 3 rings (SSSR count). The summed E-state index contributed by atoms with van der Waals surface area (Å²) in [6, 6.07) is 13.5. The molecular formula is C15H10BrIN2O. The van der Waals surface area contributed by atoms with Gasteiger partial charge in [0.05, 0.1) is 11.3 Å². The van der Waals surface area contributed by atoms with Gasteiger partial charge in [0.25, 0.3) is 5.91 Å². The van der Waals surface area contributed by atoms with Crippen LogP contribution in [0.25, 0.3) is 11.3 Å². The van der Waals surface area contributed by atoms with Crippen molar-refractivity contribution in [3.8, 4) is 0 Å². The lowest BCUT2D eigenvalue weighted by Gasteiger charge is -2.07. The largest absolute Gasteiger partial charge is 0.398 e. The Kier molecular flexibility index (Phi) is 3.55. The van der Waals surface area contributed by atoms with E-state index in [0.29, 0.717) is 11.3 Å². The first-order chi connectivity index (χ1) is 9.56. The molecule has 0 bridgehead atoms. The van der Waals surface area contributed by atoms with E-state index in [1.54, 1.807) is 0 Å². The molecule has 0 saturated heterocycles. The number of fused-ring (bicyclic) bond motifs is 1. The fourth-order valence-corrected chi connectivity index (χ4v) is 3.11. The lowest BCUT2D eigenvalue weighted by Crippen LogP contribution is -2.09. The van der Waals surface area contributed by atoms with Crippen molar-refractivity contribution >= 4 is 61.4 Å². The zero-order valence-electron chi connectivity index (χ0n) is 10.3. The zero-order valence-corrected chi connectivity index (χ0v) is 14.0. The highest BCUT2D eigenvalue weighted by Gasteiger charge is 2.27. The minimum atomic E-state index is -0.158. The van der Waals surface area contributed by atoms with E-state index in [-0.39, 0.29) is 5.91 Å². The summed E-state index contributed by atoms with van der Waals surface area (Å²) in [6.45, 7) is 0. The predicted octanol–water partition coefficient (Wildman–Crippen LogP) is 3.83. The lowest BCUT2D eigenvalue weighted by atomic mass is 10.0. The van der Waals surface area contributed by atoms with Crippen molar-refractivity contribution in [3.63, 3.8) is 0 Å². The van der Waals surface area contributed by atoms with Crippen LogP contribution in [0.3, 0.4) is 0 Å². The van der Waals surface area contributed by atoms with Crippen LogP contribution in [0, 0.1) is 3.57 Å². The molecule has 5 heteroatoms. The van der Waals surface area contributed by atoms with Gasteiger partial charge in [0.2, 0.25) is 0 Å². The second-order valence-corrected chi connectivity index (χ2v) is 6.60. The Morgan fingerprint density at radius 2 is 2.00 bits per heavy atom. The monoisotopic (exact) mass is 440 g/mol. The number of carbonyl (C=O) groups excluding carboxylic acids is 1. The summed E-state index contributed by atoms with van der Waals surface area (Å²) in [4.78, 5) is 12.2. The Morgan fingerprint density at radius 1 is 1.20 bits per heavy atom. The van der Waals surface area contributed by atoms with Crippen LogP contribution in [-0.4, -0.2) is 5.91 Å². The van der Waals surface area contributed by atoms with Gasteiger partial charge in [-0.3, -0.25) is 4.79 Å². The molecule has 0 unspecified atom stereocenters. The smallest absolute Gasteiger partial charge is 0.258 e. The number of hydrogen-bond donors (Lipinski definition) is 2. The highest BCUT2D eigenvalue weighted by Crippen LogP contribution is 2.36. The molecule has 0 aliphatic carbocycles. The Bertz CT molecular complexity index is 755. The average Bonchev–Trinajstić information content (AvgIpc) is 2.73. The highest BCUT2D eigenvalue weighted by molar-refractivity contribution is 14.1. The van der Waals surface area contributed by atoms with Gasteiger partial charge in [-0.25, -0.2) is 0 Å². The van der Waals surface area contributed by atoms with E-state index in [1.165, 1.54) is 0 Å². The first kappa shape index (κ1) is 13.6. The normalized spacial score (nSPS) is 15.8. The minimum absolute atomic E-state index is 0.158. The second-order valence-electron chi connectivity index (χ2n) is 4.44. The van der Waals surface area contributed by atoms with E-state index < -0.39 is 0 Å². The second kappa shape index (κ2) is 5.21. The van der Waals surface area contributed by atoms with Crippen LogP contribution in [-0.2, 0) is 4.79 Å². The van der Waals surface area contributed by atoms with Gasteiger partial charge in [-0.2, -0.15) is 0 Å². The van der Waals surface area contributed by atoms with Gasteiger partial charge in [-0.1, -0.05) is 28.1 Å². The van der Waals surface area contributed by atoms with E-state index in [4.69, 9.17) is 5.73 Å².